The molecule has 15 heavy (non-hydrogen) atoms. The van der Waals surface area contributed by atoms with Crippen LogP contribution in [-0.2, 0) is 6.42 Å². The first-order valence-electron chi connectivity index (χ1n) is 6.03. The monoisotopic (exact) mass is 203 g/mol. The number of nitrogens with one attached hydrogen (secondary N) is 1. The van der Waals surface area contributed by atoms with Crippen molar-refractivity contribution in [3.63, 3.8) is 0 Å². The third-order valence-electron chi connectivity index (χ3n) is 3.04. The summed E-state index contributed by atoms with van der Waals surface area (Å²) in [6, 6.07) is 9.75. The van der Waals surface area contributed by atoms with Crippen LogP contribution in [0, 0.1) is 12.8 Å². The van der Waals surface area contributed by atoms with E-state index >= 15 is 0 Å². The minimum atomic E-state index is 0.744. The second-order valence-electron chi connectivity index (χ2n) is 4.98. The van der Waals surface area contributed by atoms with Gasteiger partial charge in [-0.15, -0.1) is 0 Å². The fourth-order valence-electron chi connectivity index (χ4n) is 1.85. The summed E-state index contributed by atoms with van der Waals surface area (Å²) in [6.45, 7) is 5.63. The van der Waals surface area contributed by atoms with Crippen molar-refractivity contribution in [3.8, 4) is 0 Å². The zero-order valence-electron chi connectivity index (χ0n) is 9.79. The molecule has 1 aliphatic carbocycles. The van der Waals surface area contributed by atoms with Crippen molar-refractivity contribution in [1.82, 2.24) is 5.32 Å². The highest BCUT2D eigenvalue weighted by Gasteiger charge is 2.20. The summed E-state index contributed by atoms with van der Waals surface area (Å²) in [6.07, 6.45) is 3.97. The first kappa shape index (κ1) is 10.7. The lowest BCUT2D eigenvalue weighted by molar-refractivity contribution is 0.509. The molecule has 0 saturated heterocycles. The molecule has 0 aliphatic heterocycles. The lowest BCUT2D eigenvalue weighted by Gasteiger charge is -2.12. The van der Waals surface area contributed by atoms with Crippen LogP contribution in [0.1, 0.15) is 30.9 Å². The first-order valence-corrected chi connectivity index (χ1v) is 6.03. The predicted octanol–water partition coefficient (Wildman–Crippen LogP) is 2.93. The van der Waals surface area contributed by atoms with E-state index in [2.05, 4.69) is 43.4 Å². The van der Waals surface area contributed by atoms with Crippen LogP contribution in [0.2, 0.25) is 0 Å². The smallest absolute Gasteiger partial charge is 0.00683 e. The minimum Gasteiger partial charge on any atom is -0.314 e. The molecule has 1 atom stereocenters. The van der Waals surface area contributed by atoms with E-state index in [4.69, 9.17) is 0 Å². The quantitative estimate of drug-likeness (QED) is 0.776. The molecule has 0 heterocycles. The summed E-state index contributed by atoms with van der Waals surface area (Å²) in [5.74, 6) is 0.744. The Morgan fingerprint density at radius 2 is 1.93 bits per heavy atom. The summed E-state index contributed by atoms with van der Waals surface area (Å²) in [5.41, 5.74) is 2.81. The van der Waals surface area contributed by atoms with Gasteiger partial charge < -0.3 is 5.32 Å². The fourth-order valence-corrected chi connectivity index (χ4v) is 1.85. The molecule has 0 spiro atoms. The summed E-state index contributed by atoms with van der Waals surface area (Å²) in [5, 5.41) is 3.59. The molecule has 1 nitrogen and oxygen atoms in total. The van der Waals surface area contributed by atoms with E-state index in [1.807, 2.05) is 0 Å². The van der Waals surface area contributed by atoms with Crippen LogP contribution < -0.4 is 5.32 Å². The predicted molar refractivity (Wildman–Crippen MR) is 65.1 cm³/mol. The van der Waals surface area contributed by atoms with Gasteiger partial charge in [-0.05, 0) is 44.2 Å². The van der Waals surface area contributed by atoms with Gasteiger partial charge in [0.15, 0.2) is 0 Å². The van der Waals surface area contributed by atoms with Crippen molar-refractivity contribution >= 4 is 0 Å². The van der Waals surface area contributed by atoms with Crippen LogP contribution in [0.3, 0.4) is 0 Å². The normalized spacial score (nSPS) is 17.7. The average molecular weight is 203 g/mol. The molecular formula is C14H21N. The summed E-state index contributed by atoms with van der Waals surface area (Å²) >= 11 is 0. The van der Waals surface area contributed by atoms with Gasteiger partial charge in [0.1, 0.15) is 0 Å². The third kappa shape index (κ3) is 3.67. The van der Waals surface area contributed by atoms with Crippen LogP contribution in [0.15, 0.2) is 24.3 Å². The van der Waals surface area contributed by atoms with Gasteiger partial charge in [-0.3, -0.25) is 0 Å². The number of benzene rings is 1. The maximum Gasteiger partial charge on any atom is 0.00683 e. The van der Waals surface area contributed by atoms with Gasteiger partial charge in [0.25, 0.3) is 0 Å². The van der Waals surface area contributed by atoms with E-state index in [-0.39, 0.29) is 0 Å². The van der Waals surface area contributed by atoms with Gasteiger partial charge in [0.05, 0.1) is 0 Å². The number of aryl methyl sites for hydroxylation is 1. The fraction of sp³-hybridized carbons (Fsp3) is 0.571. The molecule has 1 unspecified atom stereocenters. The molecule has 1 aromatic carbocycles. The van der Waals surface area contributed by atoms with Gasteiger partial charge in [-0.1, -0.05) is 36.8 Å². The molecule has 82 valence electrons. The van der Waals surface area contributed by atoms with E-state index in [0.29, 0.717) is 0 Å². The Labute approximate surface area is 92.9 Å². The van der Waals surface area contributed by atoms with Crippen LogP contribution in [0.25, 0.3) is 0 Å². The van der Waals surface area contributed by atoms with Crippen LogP contribution in [0.4, 0.5) is 0 Å². The SMILES string of the molecule is Cc1ccc(CC(C)CNC2CC2)cc1. The van der Waals surface area contributed by atoms with Crippen LogP contribution >= 0.6 is 0 Å². The second kappa shape index (κ2) is 4.80. The minimum absolute atomic E-state index is 0.744. The van der Waals surface area contributed by atoms with Crippen LogP contribution in [-0.4, -0.2) is 12.6 Å². The molecule has 1 aliphatic rings. The zero-order chi connectivity index (χ0) is 10.7. The number of hydrogen-bond acceptors (Lipinski definition) is 1. The third-order valence-corrected chi connectivity index (χ3v) is 3.04. The van der Waals surface area contributed by atoms with Crippen molar-refractivity contribution < 1.29 is 0 Å². The van der Waals surface area contributed by atoms with Gasteiger partial charge in [-0.2, -0.15) is 0 Å². The molecule has 1 N–H and O–H groups in total. The number of hydrogen-bond donors (Lipinski definition) is 1. The Bertz CT molecular complexity index is 298. The molecule has 2 rings (SSSR count). The number of rotatable bonds is 5. The van der Waals surface area contributed by atoms with Crippen molar-refractivity contribution in [2.45, 2.75) is 39.2 Å². The Morgan fingerprint density at radius 3 is 2.53 bits per heavy atom. The largest absolute Gasteiger partial charge is 0.314 e. The summed E-state index contributed by atoms with van der Waals surface area (Å²) in [7, 11) is 0. The molecule has 1 aromatic rings. The van der Waals surface area contributed by atoms with Crippen molar-refractivity contribution in [1.29, 1.82) is 0 Å². The van der Waals surface area contributed by atoms with Gasteiger partial charge in [0.2, 0.25) is 0 Å². The van der Waals surface area contributed by atoms with E-state index in [1.54, 1.807) is 0 Å². The average Bonchev–Trinajstić information content (AvgIpc) is 3.02. The highest BCUT2D eigenvalue weighted by atomic mass is 14.9. The molecule has 0 radical (unpaired) electrons. The Hall–Kier alpha value is -0.820. The highest BCUT2D eigenvalue weighted by molar-refractivity contribution is 5.21. The van der Waals surface area contributed by atoms with E-state index < -0.39 is 0 Å². The van der Waals surface area contributed by atoms with Crippen molar-refractivity contribution in [3.05, 3.63) is 35.4 Å². The molecule has 0 bridgehead atoms. The first-order chi connectivity index (χ1) is 7.24. The second-order valence-corrected chi connectivity index (χ2v) is 4.98. The molecule has 1 fully saturated rings. The lowest BCUT2D eigenvalue weighted by Crippen LogP contribution is -2.24. The Morgan fingerprint density at radius 1 is 1.27 bits per heavy atom. The lowest BCUT2D eigenvalue weighted by atomic mass is 10.0. The van der Waals surface area contributed by atoms with E-state index in [9.17, 15) is 0 Å². The molecule has 1 saturated carbocycles. The molecular weight excluding hydrogens is 182 g/mol. The van der Waals surface area contributed by atoms with Crippen molar-refractivity contribution in [2.75, 3.05) is 6.54 Å². The Balaban J connectivity index is 1.76. The summed E-state index contributed by atoms with van der Waals surface area (Å²) < 4.78 is 0. The van der Waals surface area contributed by atoms with Crippen LogP contribution in [0.5, 0.6) is 0 Å². The Kier molecular flexibility index (Phi) is 3.42. The van der Waals surface area contributed by atoms with Gasteiger partial charge >= 0.3 is 0 Å². The maximum absolute atomic E-state index is 3.59. The molecule has 1 heteroatoms. The molecule has 0 amide bonds. The van der Waals surface area contributed by atoms with E-state index in [1.165, 1.54) is 36.9 Å². The summed E-state index contributed by atoms with van der Waals surface area (Å²) in [4.78, 5) is 0. The van der Waals surface area contributed by atoms with Gasteiger partial charge in [-0.25, -0.2) is 0 Å². The van der Waals surface area contributed by atoms with Gasteiger partial charge in [0, 0.05) is 6.04 Å². The standard InChI is InChI=1S/C14H21N/c1-11-3-5-13(6-4-11)9-12(2)10-15-14-7-8-14/h3-6,12,14-15H,7-10H2,1-2H3. The maximum atomic E-state index is 3.59. The highest BCUT2D eigenvalue weighted by Crippen LogP contribution is 2.19. The topological polar surface area (TPSA) is 12.0 Å². The van der Waals surface area contributed by atoms with Crippen molar-refractivity contribution in [2.24, 2.45) is 5.92 Å². The molecule has 0 aromatic heterocycles. The van der Waals surface area contributed by atoms with E-state index in [0.717, 1.165) is 12.0 Å². The zero-order valence-corrected chi connectivity index (χ0v) is 9.79.